The molecule has 0 aliphatic carbocycles. The minimum Gasteiger partial charge on any atom is -0.490 e. The molecule has 1 fully saturated rings. The number of amides is 1. The Hall–Kier alpha value is -3.29. The van der Waals surface area contributed by atoms with Gasteiger partial charge < -0.3 is 14.6 Å². The number of thioether (sulfide) groups is 1. The highest BCUT2D eigenvalue weighted by molar-refractivity contribution is 9.10. The number of nitrogens with zero attached hydrogens (tertiary/aromatic N) is 3. The molecule has 1 aliphatic heterocycles. The zero-order valence-corrected chi connectivity index (χ0v) is 19.6. The summed E-state index contributed by atoms with van der Waals surface area (Å²) in [5.74, 6) is -0.348. The van der Waals surface area contributed by atoms with E-state index in [1.807, 2.05) is 13.0 Å². The highest BCUT2D eigenvalue weighted by Crippen LogP contribution is 2.39. The maximum Gasteiger partial charge on any atom is 0.335 e. The quantitative estimate of drug-likeness (QED) is 0.532. The number of halogens is 1. The summed E-state index contributed by atoms with van der Waals surface area (Å²) in [5, 5.41) is 18.3. The zero-order valence-electron chi connectivity index (χ0n) is 17.2. The Morgan fingerprint density at radius 1 is 1.31 bits per heavy atom. The van der Waals surface area contributed by atoms with Crippen LogP contribution in [-0.2, 0) is 4.79 Å². The van der Waals surface area contributed by atoms with Crippen molar-refractivity contribution in [3.8, 4) is 17.6 Å². The lowest BCUT2D eigenvalue weighted by Crippen LogP contribution is -2.23. The number of hydrogen-bond donors (Lipinski definition) is 1. The summed E-state index contributed by atoms with van der Waals surface area (Å²) in [4.78, 5) is 30.1. The fraction of sp³-hybridized carbons (Fsp3) is 0.182. The molecule has 1 saturated heterocycles. The molecule has 10 heteroatoms. The lowest BCUT2D eigenvalue weighted by Gasteiger charge is -2.13. The Morgan fingerprint density at radius 2 is 2.03 bits per heavy atom. The van der Waals surface area contributed by atoms with Crippen LogP contribution in [0.5, 0.6) is 11.5 Å². The maximum absolute atomic E-state index is 12.7. The molecule has 8 nitrogen and oxygen atoms in total. The fourth-order valence-corrected chi connectivity index (χ4v) is 4.33. The maximum atomic E-state index is 12.7. The second-order valence-corrected chi connectivity index (χ2v) is 8.29. The number of likely N-dealkylation sites (N-methyl/N-ethyl adjacent to an activating group) is 1. The van der Waals surface area contributed by atoms with Gasteiger partial charge in [0.25, 0.3) is 5.91 Å². The van der Waals surface area contributed by atoms with Crippen molar-refractivity contribution in [2.75, 3.05) is 20.3 Å². The number of benzene rings is 2. The van der Waals surface area contributed by atoms with E-state index in [2.05, 4.69) is 20.9 Å². The molecule has 0 spiro atoms. The molecular weight excluding hydrogens is 498 g/mol. The number of carbonyl (C=O) groups is 2. The van der Waals surface area contributed by atoms with E-state index in [4.69, 9.17) is 19.8 Å². The first-order valence-corrected chi connectivity index (χ1v) is 11.0. The topological polar surface area (TPSA) is 112 Å². The minimum atomic E-state index is -1.02. The number of carbonyl (C=O) groups excluding carboxylic acids is 1. The smallest absolute Gasteiger partial charge is 0.335 e. The number of ether oxygens (including phenoxy) is 2. The molecule has 0 radical (unpaired) electrons. The molecule has 3 rings (SSSR count). The number of carboxylic acid groups (broad SMARTS) is 1. The molecule has 32 heavy (non-hydrogen) atoms. The highest BCUT2D eigenvalue weighted by Gasteiger charge is 2.30. The summed E-state index contributed by atoms with van der Waals surface area (Å²) in [6.45, 7) is 2.12. The van der Waals surface area contributed by atoms with E-state index in [0.29, 0.717) is 43.9 Å². The summed E-state index contributed by atoms with van der Waals surface area (Å²) in [7, 11) is 1.63. The first-order valence-electron chi connectivity index (χ1n) is 9.39. The Kier molecular flexibility index (Phi) is 7.56. The van der Waals surface area contributed by atoms with Crippen LogP contribution in [0.3, 0.4) is 0 Å². The van der Waals surface area contributed by atoms with Crippen LogP contribution in [0, 0.1) is 11.3 Å². The summed E-state index contributed by atoms with van der Waals surface area (Å²) in [6.07, 6.45) is 1.72. The Bertz CT molecular complexity index is 1160. The average molecular weight is 516 g/mol. The normalized spacial score (nSPS) is 15.8. The van der Waals surface area contributed by atoms with Crippen molar-refractivity contribution < 1.29 is 24.2 Å². The van der Waals surface area contributed by atoms with Crippen molar-refractivity contribution in [3.05, 3.63) is 56.9 Å². The third-order valence-corrected chi connectivity index (χ3v) is 5.90. The van der Waals surface area contributed by atoms with Gasteiger partial charge in [0.05, 0.1) is 27.2 Å². The van der Waals surface area contributed by atoms with Gasteiger partial charge in [0.15, 0.2) is 23.3 Å². The van der Waals surface area contributed by atoms with E-state index in [0.717, 1.165) is 0 Å². The number of aromatic carboxylic acids is 1. The van der Waals surface area contributed by atoms with Crippen molar-refractivity contribution in [1.82, 2.24) is 4.90 Å². The summed E-state index contributed by atoms with van der Waals surface area (Å²) >= 11 is 4.65. The van der Waals surface area contributed by atoms with E-state index in [9.17, 15) is 9.59 Å². The molecular formula is C22H18BrN3O5S. The Labute approximate surface area is 197 Å². The molecule has 1 N–H and O–H groups in total. The van der Waals surface area contributed by atoms with Gasteiger partial charge in [-0.3, -0.25) is 9.69 Å². The van der Waals surface area contributed by atoms with E-state index in [1.165, 1.54) is 28.8 Å². The molecule has 0 unspecified atom stereocenters. The monoisotopic (exact) mass is 515 g/mol. The van der Waals surface area contributed by atoms with Crippen molar-refractivity contribution in [3.63, 3.8) is 0 Å². The molecule has 0 bridgehead atoms. The number of nitriles is 1. The SMILES string of the molecule is CCOc1cc(/C=C2\SC(=Nc3ccc(C(=O)O)cc3)N(C)C2=O)cc(Br)c1OCC#N. The van der Waals surface area contributed by atoms with Crippen LogP contribution in [-0.4, -0.2) is 47.3 Å². The lowest BCUT2D eigenvalue weighted by atomic mass is 10.2. The van der Waals surface area contributed by atoms with E-state index in [-0.39, 0.29) is 18.1 Å². The van der Waals surface area contributed by atoms with E-state index >= 15 is 0 Å². The Morgan fingerprint density at radius 3 is 2.66 bits per heavy atom. The third-order valence-electron chi connectivity index (χ3n) is 4.25. The third kappa shape index (κ3) is 5.30. The van der Waals surface area contributed by atoms with Crippen LogP contribution in [0.2, 0.25) is 0 Å². The number of carboxylic acids is 1. The Balaban J connectivity index is 1.89. The van der Waals surface area contributed by atoms with Crippen molar-refractivity contribution in [2.24, 2.45) is 4.99 Å². The van der Waals surface area contributed by atoms with Gasteiger partial charge in [-0.05, 0) is 82.7 Å². The average Bonchev–Trinajstić information content (AvgIpc) is 3.01. The van der Waals surface area contributed by atoms with Crippen LogP contribution in [0.4, 0.5) is 5.69 Å². The van der Waals surface area contributed by atoms with Crippen molar-refractivity contribution in [2.45, 2.75) is 6.92 Å². The molecule has 164 valence electrons. The fourth-order valence-electron chi connectivity index (χ4n) is 2.77. The summed E-state index contributed by atoms with van der Waals surface area (Å²) in [6, 6.07) is 11.5. The predicted octanol–water partition coefficient (Wildman–Crippen LogP) is 4.68. The molecule has 2 aromatic carbocycles. The van der Waals surface area contributed by atoms with Gasteiger partial charge in [-0.1, -0.05) is 0 Å². The summed E-state index contributed by atoms with van der Waals surface area (Å²) in [5.41, 5.74) is 1.41. The van der Waals surface area contributed by atoms with Gasteiger partial charge in [0, 0.05) is 7.05 Å². The molecule has 1 amide bonds. The lowest BCUT2D eigenvalue weighted by molar-refractivity contribution is -0.121. The number of rotatable bonds is 7. The molecule has 0 saturated carbocycles. The van der Waals surface area contributed by atoms with Crippen LogP contribution in [0.1, 0.15) is 22.8 Å². The first-order chi connectivity index (χ1) is 15.3. The van der Waals surface area contributed by atoms with Crippen molar-refractivity contribution in [1.29, 1.82) is 5.26 Å². The van der Waals surface area contributed by atoms with Crippen LogP contribution in [0.25, 0.3) is 6.08 Å². The van der Waals surface area contributed by atoms with Gasteiger partial charge >= 0.3 is 5.97 Å². The van der Waals surface area contributed by atoms with Crippen molar-refractivity contribution >= 4 is 56.5 Å². The van der Waals surface area contributed by atoms with Crippen LogP contribution >= 0.6 is 27.7 Å². The standard InChI is InChI=1S/C22H18BrN3O5S/c1-3-30-17-11-13(10-16(23)19(17)31-9-8-24)12-18-20(27)26(2)22(32-18)25-15-6-4-14(5-7-15)21(28)29/h4-7,10-12H,3,9H2,1-2H3,(H,28,29)/b18-12-,25-22?. The molecule has 1 aliphatic rings. The van der Waals surface area contributed by atoms with Crippen LogP contribution in [0.15, 0.2) is 50.8 Å². The molecule has 0 aromatic heterocycles. The van der Waals surface area contributed by atoms with Gasteiger partial charge in [0.1, 0.15) is 6.07 Å². The molecule has 2 aromatic rings. The first kappa shape index (κ1) is 23.4. The minimum absolute atomic E-state index is 0.120. The summed E-state index contributed by atoms with van der Waals surface area (Å²) < 4.78 is 11.7. The van der Waals surface area contributed by atoms with Gasteiger partial charge in [-0.2, -0.15) is 5.26 Å². The second kappa shape index (κ2) is 10.3. The van der Waals surface area contributed by atoms with Gasteiger partial charge in [0.2, 0.25) is 0 Å². The second-order valence-electron chi connectivity index (χ2n) is 6.43. The largest absolute Gasteiger partial charge is 0.490 e. The molecule has 1 heterocycles. The molecule has 0 atom stereocenters. The van der Waals surface area contributed by atoms with E-state index < -0.39 is 5.97 Å². The number of aliphatic imine (C=N–C) groups is 1. The predicted molar refractivity (Wildman–Crippen MR) is 125 cm³/mol. The van der Waals surface area contributed by atoms with Gasteiger partial charge in [-0.15, -0.1) is 0 Å². The number of amidine groups is 1. The van der Waals surface area contributed by atoms with Gasteiger partial charge in [-0.25, -0.2) is 9.79 Å². The number of hydrogen-bond acceptors (Lipinski definition) is 7. The zero-order chi connectivity index (χ0) is 23.3. The highest BCUT2D eigenvalue weighted by atomic mass is 79.9. The van der Waals surface area contributed by atoms with E-state index in [1.54, 1.807) is 37.4 Å². The van der Waals surface area contributed by atoms with Crippen LogP contribution < -0.4 is 9.47 Å².